The number of carboxylic acid groups (broad SMARTS) is 1. The molecule has 0 unspecified atom stereocenters. The Balaban J connectivity index is 2.04. The summed E-state index contributed by atoms with van der Waals surface area (Å²) in [4.78, 5) is 31.8. The average molecular weight is 265 g/mol. The highest BCUT2D eigenvalue weighted by Gasteiger charge is 2.18. The lowest BCUT2D eigenvalue weighted by Crippen LogP contribution is -2.39. The highest BCUT2D eigenvalue weighted by atomic mass is 16.4. The summed E-state index contributed by atoms with van der Waals surface area (Å²) in [7, 11) is 0. The van der Waals surface area contributed by atoms with E-state index in [1.54, 1.807) is 4.90 Å². The van der Waals surface area contributed by atoms with Gasteiger partial charge in [-0.1, -0.05) is 0 Å². The molecule has 0 saturated carbocycles. The SMILES string of the molecule is Nc1nc(NC(=O)N2CCCCC2)ncc1C(=O)O. The van der Waals surface area contributed by atoms with Crippen molar-refractivity contribution < 1.29 is 14.7 Å². The molecule has 0 bridgehead atoms. The van der Waals surface area contributed by atoms with Gasteiger partial charge in [0.05, 0.1) is 0 Å². The molecule has 0 spiro atoms. The molecule has 0 atom stereocenters. The summed E-state index contributed by atoms with van der Waals surface area (Å²) in [5, 5.41) is 11.3. The predicted octanol–water partition coefficient (Wildman–Crippen LogP) is 0.775. The lowest BCUT2D eigenvalue weighted by atomic mass is 10.1. The zero-order chi connectivity index (χ0) is 13.8. The number of anilines is 2. The van der Waals surface area contributed by atoms with Crippen molar-refractivity contribution in [2.24, 2.45) is 0 Å². The van der Waals surface area contributed by atoms with Crippen LogP contribution in [0.5, 0.6) is 0 Å². The largest absolute Gasteiger partial charge is 0.477 e. The second-order valence-corrected chi connectivity index (χ2v) is 4.28. The standard InChI is InChI=1S/C11H15N5O3/c12-8-7(9(17)18)6-13-10(14-8)15-11(19)16-4-2-1-3-5-16/h6H,1-5H2,(H,17,18)(H3,12,13,14,15,19). The van der Waals surface area contributed by atoms with Crippen LogP contribution in [0.25, 0.3) is 0 Å². The Morgan fingerprint density at radius 3 is 2.58 bits per heavy atom. The number of nitrogens with one attached hydrogen (secondary N) is 1. The van der Waals surface area contributed by atoms with Crippen LogP contribution in [-0.2, 0) is 0 Å². The number of likely N-dealkylation sites (tertiary alicyclic amines) is 1. The molecule has 1 saturated heterocycles. The lowest BCUT2D eigenvalue weighted by Gasteiger charge is -2.26. The fourth-order valence-corrected chi connectivity index (χ4v) is 1.89. The molecular formula is C11H15N5O3. The maximum atomic E-state index is 11.9. The molecule has 102 valence electrons. The zero-order valence-corrected chi connectivity index (χ0v) is 10.3. The zero-order valence-electron chi connectivity index (χ0n) is 10.3. The van der Waals surface area contributed by atoms with Gasteiger partial charge in [0.25, 0.3) is 0 Å². The number of amides is 2. The van der Waals surface area contributed by atoms with Crippen LogP contribution in [0, 0.1) is 0 Å². The number of rotatable bonds is 2. The van der Waals surface area contributed by atoms with Gasteiger partial charge in [-0.3, -0.25) is 5.32 Å². The molecule has 8 nitrogen and oxygen atoms in total. The van der Waals surface area contributed by atoms with E-state index in [4.69, 9.17) is 10.8 Å². The molecule has 1 aromatic heterocycles. The van der Waals surface area contributed by atoms with Crippen LogP contribution in [0.1, 0.15) is 29.6 Å². The summed E-state index contributed by atoms with van der Waals surface area (Å²) in [6.45, 7) is 1.41. The first kappa shape index (κ1) is 13.1. The Kier molecular flexibility index (Phi) is 3.79. The molecule has 0 aromatic carbocycles. The maximum Gasteiger partial charge on any atom is 0.341 e. The summed E-state index contributed by atoms with van der Waals surface area (Å²) < 4.78 is 0. The van der Waals surface area contributed by atoms with Crippen LogP contribution in [-0.4, -0.2) is 45.1 Å². The Morgan fingerprint density at radius 2 is 2.00 bits per heavy atom. The van der Waals surface area contributed by atoms with Crippen LogP contribution >= 0.6 is 0 Å². The molecule has 1 aliphatic rings. The normalized spacial score (nSPS) is 15.1. The summed E-state index contributed by atoms with van der Waals surface area (Å²) in [6, 6.07) is -0.290. The van der Waals surface area contributed by atoms with Crippen molar-refractivity contribution in [3.8, 4) is 0 Å². The Hall–Kier alpha value is -2.38. The van der Waals surface area contributed by atoms with Crippen LogP contribution in [0.3, 0.4) is 0 Å². The van der Waals surface area contributed by atoms with Gasteiger partial charge in [-0.2, -0.15) is 4.98 Å². The van der Waals surface area contributed by atoms with E-state index < -0.39 is 5.97 Å². The summed E-state index contributed by atoms with van der Waals surface area (Å²) in [6.07, 6.45) is 4.17. The van der Waals surface area contributed by atoms with Crippen molar-refractivity contribution in [2.45, 2.75) is 19.3 Å². The maximum absolute atomic E-state index is 11.9. The van der Waals surface area contributed by atoms with Crippen molar-refractivity contribution >= 4 is 23.8 Å². The molecule has 19 heavy (non-hydrogen) atoms. The van der Waals surface area contributed by atoms with E-state index >= 15 is 0 Å². The van der Waals surface area contributed by atoms with E-state index in [0.717, 1.165) is 25.5 Å². The van der Waals surface area contributed by atoms with E-state index in [1.165, 1.54) is 0 Å². The summed E-state index contributed by atoms with van der Waals surface area (Å²) in [5.41, 5.74) is 5.30. The highest BCUT2D eigenvalue weighted by molar-refractivity contribution is 5.93. The van der Waals surface area contributed by atoms with Crippen molar-refractivity contribution in [1.29, 1.82) is 0 Å². The highest BCUT2D eigenvalue weighted by Crippen LogP contribution is 2.12. The third-order valence-electron chi connectivity index (χ3n) is 2.91. The van der Waals surface area contributed by atoms with E-state index in [2.05, 4.69) is 15.3 Å². The minimum Gasteiger partial charge on any atom is -0.477 e. The summed E-state index contributed by atoms with van der Waals surface area (Å²) in [5.74, 6) is -1.36. The third kappa shape index (κ3) is 3.09. The van der Waals surface area contributed by atoms with Crippen molar-refractivity contribution in [1.82, 2.24) is 14.9 Å². The number of aromatic carboxylic acids is 1. The van der Waals surface area contributed by atoms with Gasteiger partial charge >= 0.3 is 12.0 Å². The molecule has 2 heterocycles. The third-order valence-corrected chi connectivity index (χ3v) is 2.91. The molecule has 2 rings (SSSR count). The van der Waals surface area contributed by atoms with Gasteiger partial charge in [0, 0.05) is 19.3 Å². The van der Waals surface area contributed by atoms with Crippen LogP contribution in [0.4, 0.5) is 16.6 Å². The topological polar surface area (TPSA) is 121 Å². The molecule has 0 radical (unpaired) electrons. The quantitative estimate of drug-likeness (QED) is 0.726. The fraction of sp³-hybridized carbons (Fsp3) is 0.455. The van der Waals surface area contributed by atoms with E-state index in [0.29, 0.717) is 13.1 Å². The number of urea groups is 1. The Morgan fingerprint density at radius 1 is 1.32 bits per heavy atom. The number of aromatic nitrogens is 2. The predicted molar refractivity (Wildman–Crippen MR) is 67.8 cm³/mol. The molecule has 1 fully saturated rings. The minimum absolute atomic E-state index is 0.0121. The summed E-state index contributed by atoms with van der Waals surface area (Å²) >= 11 is 0. The van der Waals surface area contributed by atoms with Gasteiger partial charge in [0.1, 0.15) is 11.4 Å². The first-order chi connectivity index (χ1) is 9.08. The number of nitrogen functional groups attached to an aromatic ring is 1. The Labute approximate surface area is 109 Å². The van der Waals surface area contributed by atoms with Crippen molar-refractivity contribution in [3.63, 3.8) is 0 Å². The number of hydrogen-bond donors (Lipinski definition) is 3. The van der Waals surface area contributed by atoms with E-state index in [-0.39, 0.29) is 23.4 Å². The number of carboxylic acids is 1. The van der Waals surface area contributed by atoms with Gasteiger partial charge < -0.3 is 15.7 Å². The second-order valence-electron chi connectivity index (χ2n) is 4.28. The molecule has 1 aliphatic heterocycles. The van der Waals surface area contributed by atoms with E-state index in [1.807, 2.05) is 0 Å². The number of nitrogens with zero attached hydrogens (tertiary/aromatic N) is 3. The average Bonchev–Trinajstić information content (AvgIpc) is 2.39. The molecule has 0 aliphatic carbocycles. The molecular weight excluding hydrogens is 250 g/mol. The fourth-order valence-electron chi connectivity index (χ4n) is 1.89. The number of piperidine rings is 1. The van der Waals surface area contributed by atoms with Gasteiger partial charge in [-0.15, -0.1) is 0 Å². The first-order valence-electron chi connectivity index (χ1n) is 5.99. The number of carbonyl (C=O) groups is 2. The molecule has 2 amide bonds. The number of nitrogens with two attached hydrogens (primary N) is 1. The van der Waals surface area contributed by atoms with Gasteiger partial charge in [-0.25, -0.2) is 14.6 Å². The molecule has 8 heteroatoms. The number of hydrogen-bond acceptors (Lipinski definition) is 5. The van der Waals surface area contributed by atoms with Crippen molar-refractivity contribution in [3.05, 3.63) is 11.8 Å². The first-order valence-corrected chi connectivity index (χ1v) is 5.99. The van der Waals surface area contributed by atoms with Gasteiger partial charge in [-0.05, 0) is 19.3 Å². The van der Waals surface area contributed by atoms with Crippen LogP contribution in [0.2, 0.25) is 0 Å². The molecule has 1 aromatic rings. The Bertz CT molecular complexity index is 499. The smallest absolute Gasteiger partial charge is 0.341 e. The van der Waals surface area contributed by atoms with E-state index in [9.17, 15) is 9.59 Å². The van der Waals surface area contributed by atoms with Crippen LogP contribution in [0.15, 0.2) is 6.20 Å². The van der Waals surface area contributed by atoms with Crippen LogP contribution < -0.4 is 11.1 Å². The second kappa shape index (κ2) is 5.51. The minimum atomic E-state index is -1.20. The van der Waals surface area contributed by atoms with Gasteiger partial charge in [0.15, 0.2) is 0 Å². The monoisotopic (exact) mass is 265 g/mol. The molecule has 4 N–H and O–H groups in total. The lowest BCUT2D eigenvalue weighted by molar-refractivity contribution is 0.0697. The number of carbonyl (C=O) groups excluding carboxylic acids is 1. The van der Waals surface area contributed by atoms with Gasteiger partial charge in [0.2, 0.25) is 5.95 Å². The van der Waals surface area contributed by atoms with Crippen molar-refractivity contribution in [2.75, 3.05) is 24.1 Å².